The van der Waals surface area contributed by atoms with E-state index in [1.165, 1.54) is 12.1 Å². The molecule has 1 saturated heterocycles. The number of nitrogens with one attached hydrogen (secondary N) is 1. The number of imidazole rings is 1. The first-order valence-electron chi connectivity index (χ1n) is 10.5. The quantitative estimate of drug-likeness (QED) is 0.665. The number of aromatic nitrogens is 2. The smallest absolute Gasteiger partial charge is 0.228 e. The molecule has 3 N–H and O–H groups in total. The lowest BCUT2D eigenvalue weighted by atomic mass is 10.1. The first kappa shape index (κ1) is 20.1. The van der Waals surface area contributed by atoms with E-state index in [1.54, 1.807) is 17.0 Å². The van der Waals surface area contributed by atoms with Crippen molar-refractivity contribution in [3.8, 4) is 11.3 Å². The highest BCUT2D eigenvalue weighted by atomic mass is 19.1. The number of hydrogen-bond donors (Lipinski definition) is 2. The molecular weight excluding hydrogens is 407 g/mol. The van der Waals surface area contributed by atoms with Crippen molar-refractivity contribution in [2.75, 3.05) is 16.9 Å². The number of carbonyl (C=O) groups is 1. The zero-order chi connectivity index (χ0) is 22.2. The van der Waals surface area contributed by atoms with Gasteiger partial charge in [0.2, 0.25) is 5.91 Å². The highest BCUT2D eigenvalue weighted by Crippen LogP contribution is 2.27. The first-order valence-corrected chi connectivity index (χ1v) is 10.5. The van der Waals surface area contributed by atoms with Gasteiger partial charge in [-0.15, -0.1) is 0 Å². The van der Waals surface area contributed by atoms with Gasteiger partial charge in [0.25, 0.3) is 0 Å². The second-order valence-electron chi connectivity index (χ2n) is 8.04. The maximum Gasteiger partial charge on any atom is 0.228 e. The number of aryl methyl sites for hydroxylation is 1. The molecule has 1 atom stereocenters. The van der Waals surface area contributed by atoms with Crippen LogP contribution in [0.15, 0.2) is 66.3 Å². The van der Waals surface area contributed by atoms with Crippen LogP contribution in [0.2, 0.25) is 0 Å². The molecule has 162 valence electrons. The summed E-state index contributed by atoms with van der Waals surface area (Å²) in [4.78, 5) is 23.0. The summed E-state index contributed by atoms with van der Waals surface area (Å²) < 4.78 is 15.4. The van der Waals surface area contributed by atoms with Crippen LogP contribution in [0.5, 0.6) is 0 Å². The lowest BCUT2D eigenvalue weighted by molar-refractivity contribution is -0.117. The molecule has 0 unspecified atom stereocenters. The Morgan fingerprint density at radius 2 is 2.03 bits per heavy atom. The normalized spacial score (nSPS) is 19.2. The third-order valence-corrected chi connectivity index (χ3v) is 5.72. The van der Waals surface area contributed by atoms with E-state index in [9.17, 15) is 9.18 Å². The van der Waals surface area contributed by atoms with E-state index in [0.717, 1.165) is 35.0 Å². The standard InChI is InChI=1S/C24H23FN6O/c1-15(17-3-2-4-18(25)11-17)28-22-9-10-23-27-13-21(31(23)29-22)16-5-7-20(8-6-16)30-14-19(26)12-24(30)32/h2-8,11,13,19H,1,9-10,12,14,26H2,(H,28,29)/t19-/m0/s1. The van der Waals surface area contributed by atoms with E-state index < -0.39 is 0 Å². The number of amides is 1. The van der Waals surface area contributed by atoms with Gasteiger partial charge >= 0.3 is 0 Å². The van der Waals surface area contributed by atoms with Crippen molar-refractivity contribution >= 4 is 23.1 Å². The number of anilines is 1. The maximum atomic E-state index is 13.5. The molecule has 1 fully saturated rings. The van der Waals surface area contributed by atoms with Gasteiger partial charge in [0.15, 0.2) is 0 Å². The molecule has 0 spiro atoms. The van der Waals surface area contributed by atoms with Gasteiger partial charge in [-0.3, -0.25) is 10.2 Å². The summed E-state index contributed by atoms with van der Waals surface area (Å²) >= 11 is 0. The van der Waals surface area contributed by atoms with Crippen molar-refractivity contribution in [3.05, 3.63) is 78.5 Å². The predicted molar refractivity (Wildman–Crippen MR) is 123 cm³/mol. The van der Waals surface area contributed by atoms with Crippen LogP contribution in [-0.4, -0.2) is 34.0 Å². The highest BCUT2D eigenvalue weighted by Gasteiger charge is 2.28. The molecule has 7 nitrogen and oxygen atoms in total. The number of carbonyl (C=O) groups excluding carboxylic acids is 1. The molecule has 2 aliphatic heterocycles. The van der Waals surface area contributed by atoms with Gasteiger partial charge in [0.05, 0.1) is 17.6 Å². The van der Waals surface area contributed by atoms with Crippen LogP contribution in [0.3, 0.4) is 0 Å². The summed E-state index contributed by atoms with van der Waals surface area (Å²) in [5.41, 5.74) is 13.0. The Morgan fingerprint density at radius 3 is 2.75 bits per heavy atom. The van der Waals surface area contributed by atoms with Crippen molar-refractivity contribution in [2.24, 2.45) is 10.7 Å². The van der Waals surface area contributed by atoms with Crippen LogP contribution in [0.25, 0.3) is 17.0 Å². The molecule has 1 amide bonds. The van der Waals surface area contributed by atoms with Gasteiger partial charge in [-0.25, -0.2) is 19.0 Å². The minimum Gasteiger partial charge on any atom is -0.326 e. The predicted octanol–water partition coefficient (Wildman–Crippen LogP) is 3.31. The van der Waals surface area contributed by atoms with E-state index in [2.05, 4.69) is 22.0 Å². The minimum atomic E-state index is -0.319. The second kappa shape index (κ2) is 8.05. The van der Waals surface area contributed by atoms with Crippen LogP contribution in [0, 0.1) is 5.82 Å². The number of aliphatic imine (C=N–C) groups is 1. The lowest BCUT2D eigenvalue weighted by Crippen LogP contribution is -2.31. The zero-order valence-corrected chi connectivity index (χ0v) is 17.5. The third-order valence-electron chi connectivity index (χ3n) is 5.72. The lowest BCUT2D eigenvalue weighted by Gasteiger charge is -2.21. The van der Waals surface area contributed by atoms with E-state index in [4.69, 9.17) is 5.73 Å². The van der Waals surface area contributed by atoms with Gasteiger partial charge in [0, 0.05) is 48.7 Å². The average Bonchev–Trinajstić information content (AvgIpc) is 3.36. The number of fused-ring (bicyclic) bond motifs is 1. The van der Waals surface area contributed by atoms with Crippen LogP contribution < -0.4 is 16.1 Å². The fourth-order valence-corrected chi connectivity index (χ4v) is 4.08. The molecule has 32 heavy (non-hydrogen) atoms. The third kappa shape index (κ3) is 3.80. The number of benzene rings is 2. The zero-order valence-electron chi connectivity index (χ0n) is 17.5. The molecule has 2 aromatic carbocycles. The largest absolute Gasteiger partial charge is 0.326 e. The Bertz CT molecular complexity index is 1230. The van der Waals surface area contributed by atoms with Crippen molar-refractivity contribution in [1.29, 1.82) is 0 Å². The molecule has 8 heteroatoms. The van der Waals surface area contributed by atoms with Crippen LogP contribution in [-0.2, 0) is 11.2 Å². The first-order chi connectivity index (χ1) is 15.5. The SMILES string of the molecule is C=C(N=C1CCc2ncc(-c3ccc(N4C[C@@H](N)CC4=O)cc3)n2N1)c1cccc(F)c1. The van der Waals surface area contributed by atoms with E-state index in [0.29, 0.717) is 30.6 Å². The number of hydrogen-bond acceptors (Lipinski definition) is 4. The molecule has 0 bridgehead atoms. The Labute approximate surface area is 185 Å². The molecule has 2 aliphatic rings. The Hall–Kier alpha value is -3.78. The summed E-state index contributed by atoms with van der Waals surface area (Å²) in [6, 6.07) is 13.9. The highest BCUT2D eigenvalue weighted by molar-refractivity contribution is 5.97. The Balaban J connectivity index is 1.37. The molecule has 0 saturated carbocycles. The molecule has 1 aromatic heterocycles. The summed E-state index contributed by atoms with van der Waals surface area (Å²) in [5, 5.41) is 0. The van der Waals surface area contributed by atoms with Gasteiger partial charge in [-0.2, -0.15) is 0 Å². The molecule has 3 heterocycles. The summed E-state index contributed by atoms with van der Waals surface area (Å²) in [5.74, 6) is 1.37. The minimum absolute atomic E-state index is 0.0491. The summed E-state index contributed by atoms with van der Waals surface area (Å²) in [6.45, 7) is 4.52. The van der Waals surface area contributed by atoms with Crippen molar-refractivity contribution < 1.29 is 9.18 Å². The summed E-state index contributed by atoms with van der Waals surface area (Å²) in [6.07, 6.45) is 3.60. The Kier molecular flexibility index (Phi) is 5.07. The van der Waals surface area contributed by atoms with Gasteiger partial charge in [0.1, 0.15) is 17.5 Å². The molecular formula is C24H23FN6O. The number of nitrogens with zero attached hydrogens (tertiary/aromatic N) is 4. The molecule has 0 radical (unpaired) electrons. The van der Waals surface area contributed by atoms with Crippen LogP contribution in [0.4, 0.5) is 10.1 Å². The molecule has 3 aromatic rings. The van der Waals surface area contributed by atoms with Crippen molar-refractivity contribution in [2.45, 2.75) is 25.3 Å². The van der Waals surface area contributed by atoms with Gasteiger partial charge < -0.3 is 10.6 Å². The average molecular weight is 430 g/mol. The van der Waals surface area contributed by atoms with Crippen LogP contribution >= 0.6 is 0 Å². The van der Waals surface area contributed by atoms with E-state index in [1.807, 2.05) is 35.1 Å². The number of rotatable bonds is 4. The fraction of sp³-hybridized carbons (Fsp3) is 0.208. The fourth-order valence-electron chi connectivity index (χ4n) is 4.08. The second-order valence-corrected chi connectivity index (χ2v) is 8.04. The molecule has 0 aliphatic carbocycles. The Morgan fingerprint density at radius 1 is 1.22 bits per heavy atom. The summed E-state index contributed by atoms with van der Waals surface area (Å²) in [7, 11) is 0. The topological polar surface area (TPSA) is 88.5 Å². The number of nitrogens with two attached hydrogens (primary N) is 1. The van der Waals surface area contributed by atoms with E-state index in [-0.39, 0.29) is 17.8 Å². The number of amidine groups is 1. The maximum absolute atomic E-state index is 13.5. The molecule has 5 rings (SSSR count). The number of halogens is 1. The van der Waals surface area contributed by atoms with Crippen LogP contribution in [0.1, 0.15) is 24.2 Å². The van der Waals surface area contributed by atoms with Crippen molar-refractivity contribution in [1.82, 2.24) is 9.66 Å². The van der Waals surface area contributed by atoms with Gasteiger partial charge in [-0.1, -0.05) is 30.8 Å². The van der Waals surface area contributed by atoms with Gasteiger partial charge in [-0.05, 0) is 24.3 Å². The van der Waals surface area contributed by atoms with E-state index >= 15 is 0 Å². The monoisotopic (exact) mass is 430 g/mol. The van der Waals surface area contributed by atoms with Crippen molar-refractivity contribution in [3.63, 3.8) is 0 Å².